The molecule has 0 aliphatic rings. The Hall–Kier alpha value is -1.07. The van der Waals surface area contributed by atoms with Gasteiger partial charge < -0.3 is 9.73 Å². The topological polar surface area (TPSA) is 42.2 Å². The van der Waals surface area contributed by atoms with Crippen molar-refractivity contribution in [2.45, 2.75) is 0 Å². The third-order valence-corrected chi connectivity index (χ3v) is 2.80. The third-order valence-electron chi connectivity index (χ3n) is 1.88. The van der Waals surface area contributed by atoms with Crippen LogP contribution < -0.4 is 5.32 Å². The van der Waals surface area contributed by atoms with Crippen molar-refractivity contribution >= 4 is 43.5 Å². The molecule has 0 aliphatic carbocycles. The standard InChI is InChI=1S/C11H7Br2NO2/c12-7-2-1-3-8(6-7)14-11(15)9-4-5-10(13)16-9/h1-6H,(H,14,15). The maximum Gasteiger partial charge on any atom is 0.291 e. The number of anilines is 1. The monoisotopic (exact) mass is 343 g/mol. The highest BCUT2D eigenvalue weighted by atomic mass is 79.9. The van der Waals surface area contributed by atoms with E-state index in [0.717, 1.165) is 4.47 Å². The van der Waals surface area contributed by atoms with E-state index in [0.29, 0.717) is 10.4 Å². The Bertz CT molecular complexity index is 522. The van der Waals surface area contributed by atoms with Crippen molar-refractivity contribution < 1.29 is 9.21 Å². The molecule has 5 heteroatoms. The van der Waals surface area contributed by atoms with Gasteiger partial charge in [0.05, 0.1) is 0 Å². The predicted molar refractivity (Wildman–Crippen MR) is 68.5 cm³/mol. The lowest BCUT2D eigenvalue weighted by Crippen LogP contribution is -2.10. The Labute approximate surface area is 109 Å². The second-order valence-corrected chi connectivity index (χ2v) is 4.77. The number of carbonyl (C=O) groups is 1. The van der Waals surface area contributed by atoms with Crippen LogP contribution in [0.1, 0.15) is 10.6 Å². The van der Waals surface area contributed by atoms with Gasteiger partial charge in [-0.2, -0.15) is 0 Å². The molecule has 1 aromatic heterocycles. The van der Waals surface area contributed by atoms with Crippen LogP contribution in [0.3, 0.4) is 0 Å². The molecule has 0 aliphatic heterocycles. The number of furan rings is 1. The van der Waals surface area contributed by atoms with E-state index >= 15 is 0 Å². The fourth-order valence-corrected chi connectivity index (χ4v) is 1.90. The summed E-state index contributed by atoms with van der Waals surface area (Å²) in [6.07, 6.45) is 0. The SMILES string of the molecule is O=C(Nc1cccc(Br)c1)c1ccc(Br)o1. The van der Waals surface area contributed by atoms with E-state index in [1.807, 2.05) is 18.2 Å². The summed E-state index contributed by atoms with van der Waals surface area (Å²) in [6.45, 7) is 0. The molecule has 0 atom stereocenters. The van der Waals surface area contributed by atoms with Crippen LogP contribution in [0.25, 0.3) is 0 Å². The Morgan fingerprint density at radius 1 is 1.19 bits per heavy atom. The van der Waals surface area contributed by atoms with Gasteiger partial charge in [0.1, 0.15) is 0 Å². The molecule has 82 valence electrons. The van der Waals surface area contributed by atoms with Gasteiger partial charge in [0, 0.05) is 10.2 Å². The summed E-state index contributed by atoms with van der Waals surface area (Å²) >= 11 is 6.47. The zero-order valence-corrected chi connectivity index (χ0v) is 11.2. The highest BCUT2D eigenvalue weighted by Crippen LogP contribution is 2.18. The number of hydrogen-bond acceptors (Lipinski definition) is 2. The lowest BCUT2D eigenvalue weighted by Gasteiger charge is -2.02. The number of halogens is 2. The average molecular weight is 345 g/mol. The first-order valence-electron chi connectivity index (χ1n) is 4.47. The lowest BCUT2D eigenvalue weighted by molar-refractivity contribution is 0.0995. The number of benzene rings is 1. The molecule has 0 radical (unpaired) electrons. The second-order valence-electron chi connectivity index (χ2n) is 3.07. The van der Waals surface area contributed by atoms with Crippen molar-refractivity contribution in [3.8, 4) is 0 Å². The molecule has 1 amide bonds. The molecular formula is C11H7Br2NO2. The van der Waals surface area contributed by atoms with Crippen LogP contribution in [0, 0.1) is 0 Å². The molecule has 2 rings (SSSR count). The fourth-order valence-electron chi connectivity index (χ4n) is 1.20. The first-order chi connectivity index (χ1) is 7.65. The van der Waals surface area contributed by atoms with Crippen LogP contribution in [0.4, 0.5) is 5.69 Å². The van der Waals surface area contributed by atoms with Crippen LogP contribution in [-0.2, 0) is 0 Å². The number of carbonyl (C=O) groups excluding carboxylic acids is 1. The Balaban J connectivity index is 2.13. The van der Waals surface area contributed by atoms with E-state index in [1.165, 1.54) is 0 Å². The van der Waals surface area contributed by atoms with E-state index in [2.05, 4.69) is 37.2 Å². The van der Waals surface area contributed by atoms with Crippen molar-refractivity contribution in [2.75, 3.05) is 5.32 Å². The van der Waals surface area contributed by atoms with Gasteiger partial charge in [0.15, 0.2) is 10.4 Å². The molecule has 3 nitrogen and oxygen atoms in total. The summed E-state index contributed by atoms with van der Waals surface area (Å²) in [5.74, 6) is -0.00403. The Morgan fingerprint density at radius 2 is 2.00 bits per heavy atom. The summed E-state index contributed by atoms with van der Waals surface area (Å²) < 4.78 is 6.58. The predicted octanol–water partition coefficient (Wildman–Crippen LogP) is 4.06. The van der Waals surface area contributed by atoms with Crippen molar-refractivity contribution in [3.05, 3.63) is 51.3 Å². The molecule has 0 saturated carbocycles. The van der Waals surface area contributed by atoms with Gasteiger partial charge in [-0.25, -0.2) is 0 Å². The zero-order valence-electron chi connectivity index (χ0n) is 8.04. The molecule has 0 fully saturated rings. The van der Waals surface area contributed by atoms with Gasteiger partial charge in [-0.05, 0) is 46.3 Å². The normalized spacial score (nSPS) is 10.1. The van der Waals surface area contributed by atoms with Gasteiger partial charge in [-0.3, -0.25) is 4.79 Å². The Morgan fingerprint density at radius 3 is 2.62 bits per heavy atom. The minimum absolute atomic E-state index is 0.270. The summed E-state index contributed by atoms with van der Waals surface area (Å²) in [7, 11) is 0. The molecule has 16 heavy (non-hydrogen) atoms. The first-order valence-corrected chi connectivity index (χ1v) is 6.06. The zero-order chi connectivity index (χ0) is 11.5. The van der Waals surface area contributed by atoms with Crippen molar-refractivity contribution in [1.29, 1.82) is 0 Å². The average Bonchev–Trinajstić information content (AvgIpc) is 2.65. The molecule has 0 bridgehead atoms. The highest BCUT2D eigenvalue weighted by Gasteiger charge is 2.10. The number of nitrogens with one attached hydrogen (secondary N) is 1. The molecule has 0 unspecified atom stereocenters. The van der Waals surface area contributed by atoms with E-state index in [9.17, 15) is 4.79 Å². The van der Waals surface area contributed by atoms with Crippen LogP contribution in [0.5, 0.6) is 0 Å². The largest absolute Gasteiger partial charge is 0.444 e. The molecular weight excluding hydrogens is 338 g/mol. The van der Waals surface area contributed by atoms with Crippen molar-refractivity contribution in [1.82, 2.24) is 0 Å². The number of hydrogen-bond donors (Lipinski definition) is 1. The number of amides is 1. The number of rotatable bonds is 2. The van der Waals surface area contributed by atoms with E-state index in [-0.39, 0.29) is 11.7 Å². The smallest absolute Gasteiger partial charge is 0.291 e. The van der Waals surface area contributed by atoms with E-state index in [4.69, 9.17) is 4.42 Å². The van der Waals surface area contributed by atoms with Gasteiger partial charge >= 0.3 is 0 Å². The summed E-state index contributed by atoms with van der Waals surface area (Å²) in [5.41, 5.74) is 0.715. The van der Waals surface area contributed by atoms with Gasteiger partial charge in [-0.15, -0.1) is 0 Å². The van der Waals surface area contributed by atoms with Crippen LogP contribution in [0.15, 0.2) is 50.0 Å². The highest BCUT2D eigenvalue weighted by molar-refractivity contribution is 9.10. The van der Waals surface area contributed by atoms with Gasteiger partial charge in [-0.1, -0.05) is 22.0 Å². The second kappa shape index (κ2) is 4.84. The Kier molecular flexibility index (Phi) is 3.46. The minimum atomic E-state index is -0.274. The maximum atomic E-state index is 11.7. The molecule has 0 spiro atoms. The summed E-state index contributed by atoms with van der Waals surface area (Å²) in [4.78, 5) is 11.7. The minimum Gasteiger partial charge on any atom is -0.444 e. The quantitative estimate of drug-likeness (QED) is 0.892. The third kappa shape index (κ3) is 2.74. The van der Waals surface area contributed by atoms with Crippen molar-refractivity contribution in [2.24, 2.45) is 0 Å². The lowest BCUT2D eigenvalue weighted by atomic mass is 10.3. The fraction of sp³-hybridized carbons (Fsp3) is 0. The molecule has 1 N–H and O–H groups in total. The first kappa shape index (κ1) is 11.4. The maximum absolute atomic E-state index is 11.7. The molecule has 1 aromatic carbocycles. The van der Waals surface area contributed by atoms with E-state index in [1.54, 1.807) is 18.2 Å². The van der Waals surface area contributed by atoms with Gasteiger partial charge in [0.2, 0.25) is 0 Å². The van der Waals surface area contributed by atoms with E-state index < -0.39 is 0 Å². The van der Waals surface area contributed by atoms with Gasteiger partial charge in [0.25, 0.3) is 5.91 Å². The van der Waals surface area contributed by atoms with Crippen LogP contribution in [-0.4, -0.2) is 5.91 Å². The molecule has 2 aromatic rings. The summed E-state index contributed by atoms with van der Waals surface area (Å²) in [5, 5.41) is 2.73. The molecule has 1 heterocycles. The van der Waals surface area contributed by atoms with Crippen molar-refractivity contribution in [3.63, 3.8) is 0 Å². The van der Waals surface area contributed by atoms with Crippen LogP contribution in [0.2, 0.25) is 0 Å². The summed E-state index contributed by atoms with van der Waals surface area (Å²) in [6, 6.07) is 10.6. The molecule has 0 saturated heterocycles. The van der Waals surface area contributed by atoms with Crippen LogP contribution >= 0.6 is 31.9 Å².